The molecule has 1 amide bonds. The normalized spacial score (nSPS) is 11.3. The number of carbonyl (C=O) groups excluding carboxylic acids is 1. The molecule has 29 heavy (non-hydrogen) atoms. The number of amides is 1. The van der Waals surface area contributed by atoms with Gasteiger partial charge in [-0.3, -0.25) is 4.79 Å². The minimum absolute atomic E-state index is 0.135. The van der Waals surface area contributed by atoms with Crippen LogP contribution in [0.25, 0.3) is 22.5 Å². The molecule has 8 heteroatoms. The summed E-state index contributed by atoms with van der Waals surface area (Å²) >= 11 is 0. The number of nitrogens with one attached hydrogen (secondary N) is 1. The molecule has 0 bridgehead atoms. The van der Waals surface area contributed by atoms with Crippen LogP contribution in [0.4, 0.5) is 0 Å². The van der Waals surface area contributed by atoms with Crippen LogP contribution in [0, 0.1) is 0 Å². The number of nitrogens with zero attached hydrogens (tertiary/aromatic N) is 6. The van der Waals surface area contributed by atoms with E-state index >= 15 is 0 Å². The first-order chi connectivity index (χ1) is 14.1. The Hall–Kier alpha value is -3.52. The summed E-state index contributed by atoms with van der Waals surface area (Å²) in [6.45, 7) is 1.55. The van der Waals surface area contributed by atoms with Crippen molar-refractivity contribution in [2.24, 2.45) is 0 Å². The van der Waals surface area contributed by atoms with E-state index in [1.54, 1.807) is 29.3 Å². The zero-order valence-corrected chi connectivity index (χ0v) is 16.5. The molecule has 0 fully saturated rings. The van der Waals surface area contributed by atoms with Crippen LogP contribution in [0.5, 0.6) is 0 Å². The molecule has 4 aromatic rings. The molecule has 0 atom stereocenters. The van der Waals surface area contributed by atoms with Gasteiger partial charge in [-0.2, -0.15) is 5.10 Å². The summed E-state index contributed by atoms with van der Waals surface area (Å²) in [7, 11) is 4.04. The molecule has 0 saturated heterocycles. The van der Waals surface area contributed by atoms with Gasteiger partial charge in [0.05, 0.1) is 6.20 Å². The highest BCUT2D eigenvalue weighted by atomic mass is 16.2. The summed E-state index contributed by atoms with van der Waals surface area (Å²) in [5, 5.41) is 7.37. The maximum atomic E-state index is 12.7. The van der Waals surface area contributed by atoms with Gasteiger partial charge in [-0.05, 0) is 51.3 Å². The molecule has 0 unspecified atom stereocenters. The molecule has 0 aliphatic rings. The van der Waals surface area contributed by atoms with Crippen LogP contribution in [0.1, 0.15) is 16.9 Å². The van der Waals surface area contributed by atoms with Crippen LogP contribution >= 0.6 is 0 Å². The third-order valence-electron chi connectivity index (χ3n) is 4.68. The summed E-state index contributed by atoms with van der Waals surface area (Å²) in [5.41, 5.74) is 3.42. The molecule has 1 N–H and O–H groups in total. The molecule has 0 spiro atoms. The van der Waals surface area contributed by atoms with Crippen LogP contribution in [0.3, 0.4) is 0 Å². The fourth-order valence-corrected chi connectivity index (χ4v) is 3.22. The van der Waals surface area contributed by atoms with E-state index in [1.807, 2.05) is 49.0 Å². The smallest absolute Gasteiger partial charge is 0.270 e. The fourth-order valence-electron chi connectivity index (χ4n) is 3.22. The largest absolute Gasteiger partial charge is 0.351 e. The van der Waals surface area contributed by atoms with Crippen LogP contribution in [0.15, 0.2) is 61.4 Å². The summed E-state index contributed by atoms with van der Waals surface area (Å²) in [5.74, 6) is 0.658. The Morgan fingerprint density at radius 3 is 2.66 bits per heavy atom. The number of fused-ring (bicyclic) bond motifs is 1. The van der Waals surface area contributed by atoms with Crippen molar-refractivity contribution < 1.29 is 4.79 Å². The second kappa shape index (κ2) is 8.24. The van der Waals surface area contributed by atoms with E-state index in [4.69, 9.17) is 0 Å². The van der Waals surface area contributed by atoms with Crippen molar-refractivity contribution in [3.63, 3.8) is 0 Å². The van der Waals surface area contributed by atoms with Crippen LogP contribution in [0.2, 0.25) is 0 Å². The lowest BCUT2D eigenvalue weighted by Gasteiger charge is -2.11. The summed E-state index contributed by atoms with van der Waals surface area (Å²) in [4.78, 5) is 23.0. The lowest BCUT2D eigenvalue weighted by molar-refractivity contribution is 0.0944. The van der Waals surface area contributed by atoms with E-state index in [1.165, 1.54) is 6.33 Å². The minimum Gasteiger partial charge on any atom is -0.351 e. The SMILES string of the molecule is CN(C)CCCNC(=O)c1ccnn1-c1ccc2ccc(-c3cncnc3)cn12. The van der Waals surface area contributed by atoms with Gasteiger partial charge in [0.15, 0.2) is 0 Å². The standard InChI is InChI=1S/C21H23N7O/c1-26(2)11-3-9-24-21(29)19-8-10-25-28(19)20-7-6-18-5-4-16(14-27(18)20)17-12-22-15-23-13-17/h4-8,10,12-15H,3,9,11H2,1-2H3,(H,24,29). The molecule has 148 valence electrons. The van der Waals surface area contributed by atoms with Gasteiger partial charge in [0.2, 0.25) is 0 Å². The monoisotopic (exact) mass is 389 g/mol. The van der Waals surface area contributed by atoms with Gasteiger partial charge < -0.3 is 14.6 Å². The van der Waals surface area contributed by atoms with Crippen LogP contribution in [-0.4, -0.2) is 62.1 Å². The maximum absolute atomic E-state index is 12.7. The topological polar surface area (TPSA) is 80.3 Å². The molecule has 4 rings (SSSR count). The average molecular weight is 389 g/mol. The number of hydrogen-bond acceptors (Lipinski definition) is 5. The molecule has 4 heterocycles. The van der Waals surface area contributed by atoms with E-state index < -0.39 is 0 Å². The Labute approximate surface area is 168 Å². The van der Waals surface area contributed by atoms with E-state index in [9.17, 15) is 4.79 Å². The second-order valence-electron chi connectivity index (χ2n) is 7.07. The number of hydrogen-bond donors (Lipinski definition) is 1. The van der Waals surface area contributed by atoms with Gasteiger partial charge in [0.25, 0.3) is 5.91 Å². The fraction of sp³-hybridized carbons (Fsp3) is 0.238. The molecule has 0 aliphatic carbocycles. The second-order valence-corrected chi connectivity index (χ2v) is 7.07. The Kier molecular flexibility index (Phi) is 5.35. The van der Waals surface area contributed by atoms with E-state index in [2.05, 4.69) is 25.3 Å². The first-order valence-electron chi connectivity index (χ1n) is 9.47. The van der Waals surface area contributed by atoms with Gasteiger partial charge in [-0.1, -0.05) is 6.07 Å². The lowest BCUT2D eigenvalue weighted by Crippen LogP contribution is -2.29. The van der Waals surface area contributed by atoms with Gasteiger partial charge in [0.1, 0.15) is 17.8 Å². The van der Waals surface area contributed by atoms with Crippen molar-refractivity contribution in [1.82, 2.24) is 34.4 Å². The third-order valence-corrected chi connectivity index (χ3v) is 4.68. The zero-order chi connectivity index (χ0) is 20.2. The predicted molar refractivity (Wildman–Crippen MR) is 111 cm³/mol. The molecule has 0 aliphatic heterocycles. The Morgan fingerprint density at radius 1 is 1.07 bits per heavy atom. The Balaban J connectivity index is 1.62. The predicted octanol–water partition coefficient (Wildman–Crippen LogP) is 2.26. The maximum Gasteiger partial charge on any atom is 0.270 e. The third kappa shape index (κ3) is 4.02. The lowest BCUT2D eigenvalue weighted by atomic mass is 10.1. The van der Waals surface area contributed by atoms with E-state index in [0.29, 0.717) is 12.2 Å². The summed E-state index contributed by atoms with van der Waals surface area (Å²) in [6.07, 6.45) is 9.60. The van der Waals surface area contributed by atoms with Crippen molar-refractivity contribution in [2.45, 2.75) is 6.42 Å². The van der Waals surface area contributed by atoms with Crippen molar-refractivity contribution in [2.75, 3.05) is 27.2 Å². The van der Waals surface area contributed by atoms with Crippen LogP contribution in [-0.2, 0) is 0 Å². The van der Waals surface area contributed by atoms with Crippen molar-refractivity contribution in [1.29, 1.82) is 0 Å². The van der Waals surface area contributed by atoms with Gasteiger partial charge in [-0.25, -0.2) is 14.6 Å². The summed E-state index contributed by atoms with van der Waals surface area (Å²) < 4.78 is 3.68. The molecule has 0 saturated carbocycles. The molecule has 4 aromatic heterocycles. The zero-order valence-electron chi connectivity index (χ0n) is 16.5. The van der Waals surface area contributed by atoms with E-state index in [-0.39, 0.29) is 5.91 Å². The van der Waals surface area contributed by atoms with Gasteiger partial charge >= 0.3 is 0 Å². The Bertz CT molecular complexity index is 1110. The molecular formula is C21H23N7O. The molecule has 0 aromatic carbocycles. The molecule has 8 nitrogen and oxygen atoms in total. The highest BCUT2D eigenvalue weighted by molar-refractivity contribution is 5.93. The van der Waals surface area contributed by atoms with Crippen LogP contribution < -0.4 is 5.32 Å². The van der Waals surface area contributed by atoms with Crippen molar-refractivity contribution >= 4 is 11.4 Å². The first kappa shape index (κ1) is 18.8. The summed E-state index contributed by atoms with van der Waals surface area (Å²) in [6, 6.07) is 9.74. The Morgan fingerprint density at radius 2 is 1.86 bits per heavy atom. The number of pyridine rings is 1. The quantitative estimate of drug-likeness (QED) is 0.491. The minimum atomic E-state index is -0.135. The average Bonchev–Trinajstić information content (AvgIpc) is 3.37. The van der Waals surface area contributed by atoms with Crippen molar-refractivity contribution in [3.05, 3.63) is 67.1 Å². The number of carbonyl (C=O) groups is 1. The first-order valence-corrected chi connectivity index (χ1v) is 9.47. The highest BCUT2D eigenvalue weighted by Gasteiger charge is 2.15. The number of rotatable bonds is 7. The van der Waals surface area contributed by atoms with Crippen molar-refractivity contribution in [3.8, 4) is 16.9 Å². The van der Waals surface area contributed by atoms with E-state index in [0.717, 1.165) is 35.4 Å². The molecular weight excluding hydrogens is 366 g/mol. The van der Waals surface area contributed by atoms with Gasteiger partial charge in [-0.15, -0.1) is 0 Å². The molecule has 0 radical (unpaired) electrons. The highest BCUT2D eigenvalue weighted by Crippen LogP contribution is 2.22. The van der Waals surface area contributed by atoms with Gasteiger partial charge in [0, 0.05) is 41.8 Å². The number of aromatic nitrogens is 5.